The number of benzene rings is 18. The maximum Gasteiger partial charge on any atom is 0.0361 e. The van der Waals surface area contributed by atoms with Crippen molar-refractivity contribution >= 4 is 67.3 Å². The first-order chi connectivity index (χ1) is 74.6. The molecule has 0 heterocycles. The van der Waals surface area contributed by atoms with Gasteiger partial charge in [0.25, 0.3) is 0 Å². The van der Waals surface area contributed by atoms with Crippen molar-refractivity contribution in [1.82, 2.24) is 0 Å². The van der Waals surface area contributed by atoms with Crippen molar-refractivity contribution in [2.75, 3.05) is 0 Å². The SMILES string of the molecule is C1=C2c3c(ccc4c3Cc3ccccc3-4)-c3ccc4c(c3C2c2ccccc21)Cc1ccccc1-4.C1=C2c3ccccc3-c3c(ccc4c3-c3ccccc3C4)C2c2ccccc21.C1=C2c3ccccc3-c3cc4c(cc3C2c2ccccc21)-c1ccccc1C4.CC.CC.CC.CC.CC.CC.CC.CC.CC.CC.CC.CC.CC.CC.CC.CC.CC.c1ccc2c(c1)Cc1ccc3c4ccccc4c4ccccc4c3c1-2. The van der Waals surface area contributed by atoms with Crippen molar-refractivity contribution in [3.05, 3.63) is 474 Å². The van der Waals surface area contributed by atoms with Gasteiger partial charge in [0.2, 0.25) is 0 Å². The molecule has 18 aromatic carbocycles. The molecule has 776 valence electrons. The Morgan fingerprint density at radius 2 is 0.453 bits per heavy atom. The molecule has 3 atom stereocenters. The molecule has 0 spiro atoms. The summed E-state index contributed by atoms with van der Waals surface area (Å²) in [6.45, 7) is 68.0. The first-order valence-electron chi connectivity index (χ1n) is 58.6. The number of rotatable bonds is 0. The van der Waals surface area contributed by atoms with Crippen LogP contribution in [0.3, 0.4) is 0 Å². The third kappa shape index (κ3) is 22.3. The standard InChI is InChI=1S/C35H22.2C28H18.C25H16.17C2H6/c1-4-10-23-20(7-1)17-30-26(23)13-15-28-29-16-14-27-24-11-5-2-8-21(24)18-31(27)35(29)34-25-12-6-3-9-22(25)19-32(34)33(28)30;1-3-9-20-17(7-1)13-19-15-25-22-11-5-6-12-23(22)26-14-18-8-2-4-10-21(18)28(26)27(25)16-24(19)20;1-3-9-20-17(7-1)15-19-13-14-24-27-21-10-4-2-8-18(21)16-25(27)22-11-5-6-12-23(22)28(24)26(19)20;1-2-8-18-16(7-1)15-17-13-14-23-21-11-4-3-9-19(21)20-10-5-6-12-22(20)25(23)24(17)18;17*1-2/h1-16,19,34H,17-18H2;1-12,14-16,28H,13H2;1-14,16,27H,15H2;1-14H,15H2;17*1-2H3. The summed E-state index contributed by atoms with van der Waals surface area (Å²) in [5.74, 6) is 1.01. The highest BCUT2D eigenvalue weighted by molar-refractivity contribution is 6.29. The molecule has 0 N–H and O–H groups in total. The fourth-order valence-electron chi connectivity index (χ4n) is 23.2. The first kappa shape index (κ1) is 119. The van der Waals surface area contributed by atoms with Crippen LogP contribution in [-0.4, -0.2) is 0 Å². The quantitative estimate of drug-likeness (QED) is 0.133. The summed E-state index contributed by atoms with van der Waals surface area (Å²) in [7, 11) is 0. The maximum atomic E-state index is 2.49. The van der Waals surface area contributed by atoms with Gasteiger partial charge in [0.15, 0.2) is 0 Å². The third-order valence-electron chi connectivity index (χ3n) is 28.0. The average Bonchev–Trinajstić information content (AvgIpc) is 1.53. The van der Waals surface area contributed by atoms with E-state index in [2.05, 4.69) is 370 Å². The van der Waals surface area contributed by atoms with E-state index >= 15 is 0 Å². The Labute approximate surface area is 909 Å². The maximum absolute atomic E-state index is 2.49. The van der Waals surface area contributed by atoms with Gasteiger partial charge in [-0.05, 0) is 323 Å². The fraction of sp³-hybridized carbons (Fsp3) is 0.280. The minimum Gasteiger partial charge on any atom is -0.0683 e. The topological polar surface area (TPSA) is 0 Å². The van der Waals surface area contributed by atoms with E-state index in [1.54, 1.807) is 0 Å². The van der Waals surface area contributed by atoms with Crippen LogP contribution in [0.5, 0.6) is 0 Å². The molecule has 0 aliphatic heterocycles. The molecular weight excluding hydrogens is 1800 g/mol. The van der Waals surface area contributed by atoms with Crippen LogP contribution in [0.2, 0.25) is 0 Å². The van der Waals surface area contributed by atoms with Crippen molar-refractivity contribution < 1.29 is 0 Å². The molecule has 0 fully saturated rings. The monoisotopic (exact) mass is 1980 g/mol. The molecule has 0 amide bonds. The predicted octanol–water partition coefficient (Wildman–Crippen LogP) is 46.5. The lowest BCUT2D eigenvalue weighted by Gasteiger charge is -2.32. The molecule has 0 bridgehead atoms. The van der Waals surface area contributed by atoms with Crippen molar-refractivity contribution in [1.29, 1.82) is 0 Å². The van der Waals surface area contributed by atoms with E-state index in [1.165, 1.54) is 260 Å². The van der Waals surface area contributed by atoms with Crippen molar-refractivity contribution in [2.24, 2.45) is 0 Å². The van der Waals surface area contributed by atoms with Crippen LogP contribution in [-0.2, 0) is 32.1 Å². The van der Waals surface area contributed by atoms with Gasteiger partial charge in [-0.3, -0.25) is 0 Å². The van der Waals surface area contributed by atoms with Crippen LogP contribution in [0, 0.1) is 0 Å². The van der Waals surface area contributed by atoms with E-state index in [0.717, 1.165) is 32.1 Å². The van der Waals surface area contributed by atoms with E-state index < -0.39 is 0 Å². The summed E-state index contributed by atoms with van der Waals surface area (Å²) in [4.78, 5) is 0. The van der Waals surface area contributed by atoms with Gasteiger partial charge in [-0.15, -0.1) is 0 Å². The van der Waals surface area contributed by atoms with Crippen LogP contribution in [0.4, 0.5) is 0 Å². The summed E-state index contributed by atoms with van der Waals surface area (Å²) in [6, 6.07) is 131. The van der Waals surface area contributed by atoms with Gasteiger partial charge in [-0.2, -0.15) is 0 Å². The second kappa shape index (κ2) is 59.4. The normalized spacial score (nSPS) is 13.1. The minimum absolute atomic E-state index is 0.313. The third-order valence-corrected chi connectivity index (χ3v) is 28.0. The molecule has 0 aromatic heterocycles. The Balaban J connectivity index is 0.000000203. The summed E-state index contributed by atoms with van der Waals surface area (Å²) >= 11 is 0. The zero-order valence-electron chi connectivity index (χ0n) is 98.0. The van der Waals surface area contributed by atoms with E-state index in [1.807, 2.05) is 235 Å². The Hall–Kier alpha value is -14.0. The van der Waals surface area contributed by atoms with Crippen molar-refractivity contribution in [3.63, 3.8) is 0 Å². The average molecular weight is 1980 g/mol. The number of hydrogen-bond acceptors (Lipinski definition) is 0. The fourth-order valence-corrected chi connectivity index (χ4v) is 23.2. The lowest BCUT2D eigenvalue weighted by Crippen LogP contribution is -2.14. The minimum atomic E-state index is 0.313. The molecule has 11 aliphatic carbocycles. The van der Waals surface area contributed by atoms with Gasteiger partial charge in [-0.1, -0.05) is 575 Å². The van der Waals surface area contributed by atoms with E-state index in [9.17, 15) is 0 Å². The molecule has 0 nitrogen and oxygen atoms in total. The Kier molecular flexibility index (Phi) is 47.3. The van der Waals surface area contributed by atoms with Crippen LogP contribution in [0.15, 0.2) is 352 Å². The zero-order valence-corrected chi connectivity index (χ0v) is 98.0. The van der Waals surface area contributed by atoms with Gasteiger partial charge >= 0.3 is 0 Å². The molecular formula is C150H176. The number of fused-ring (bicyclic) bond motifs is 49. The predicted molar refractivity (Wildman–Crippen MR) is 677 cm³/mol. The Bertz CT molecular complexity index is 7470. The molecule has 3 unspecified atom stereocenters. The molecule has 18 aromatic rings. The Morgan fingerprint density at radius 1 is 0.147 bits per heavy atom. The lowest BCUT2D eigenvalue weighted by atomic mass is 9.70. The van der Waals surface area contributed by atoms with E-state index in [4.69, 9.17) is 0 Å². The molecule has 150 heavy (non-hydrogen) atoms. The Morgan fingerprint density at radius 3 is 0.933 bits per heavy atom. The molecule has 0 saturated carbocycles. The van der Waals surface area contributed by atoms with Crippen molar-refractivity contribution in [3.8, 4) is 89.0 Å². The highest BCUT2D eigenvalue weighted by Crippen LogP contribution is 2.63. The molecule has 0 heteroatoms. The lowest BCUT2D eigenvalue weighted by molar-refractivity contribution is 1.01. The summed E-state index contributed by atoms with van der Waals surface area (Å²) < 4.78 is 0. The van der Waals surface area contributed by atoms with Gasteiger partial charge in [0, 0.05) is 17.8 Å². The number of allylic oxidation sites excluding steroid dienone is 3. The van der Waals surface area contributed by atoms with Gasteiger partial charge in [0.05, 0.1) is 0 Å². The largest absolute Gasteiger partial charge is 0.0683 e. The summed E-state index contributed by atoms with van der Waals surface area (Å²) in [5, 5.41) is 8.19. The van der Waals surface area contributed by atoms with Gasteiger partial charge in [0.1, 0.15) is 0 Å². The van der Waals surface area contributed by atoms with Gasteiger partial charge < -0.3 is 0 Å². The van der Waals surface area contributed by atoms with Gasteiger partial charge in [-0.25, -0.2) is 0 Å². The smallest absolute Gasteiger partial charge is 0.0361 e. The molecule has 0 radical (unpaired) electrons. The van der Waals surface area contributed by atoms with Crippen LogP contribution in [0.25, 0.3) is 156 Å². The van der Waals surface area contributed by atoms with Crippen LogP contribution >= 0.6 is 0 Å². The molecule has 0 saturated heterocycles. The second-order valence-electron chi connectivity index (χ2n) is 33.6. The molecule has 11 aliphatic rings. The summed E-state index contributed by atoms with van der Waals surface area (Å²) in [5.41, 5.74) is 59.1. The zero-order chi connectivity index (χ0) is 110. The van der Waals surface area contributed by atoms with Crippen LogP contribution in [0.1, 0.15) is 376 Å². The molecule has 29 rings (SSSR count). The highest BCUT2D eigenvalue weighted by atomic mass is 14.5. The van der Waals surface area contributed by atoms with E-state index in [-0.39, 0.29) is 0 Å². The highest BCUT2D eigenvalue weighted by Gasteiger charge is 2.43. The first-order valence-corrected chi connectivity index (χ1v) is 58.6. The van der Waals surface area contributed by atoms with Crippen molar-refractivity contribution in [2.45, 2.75) is 285 Å². The van der Waals surface area contributed by atoms with Crippen LogP contribution < -0.4 is 0 Å². The number of hydrogen-bond donors (Lipinski definition) is 0. The second-order valence-corrected chi connectivity index (χ2v) is 33.6. The van der Waals surface area contributed by atoms with E-state index in [0.29, 0.717) is 17.8 Å². The summed E-state index contributed by atoms with van der Waals surface area (Å²) in [6.07, 6.45) is 12.5.